The van der Waals surface area contributed by atoms with E-state index in [1.54, 1.807) is 0 Å². The molecule has 2 aliphatic carbocycles. The first kappa shape index (κ1) is 8.09. The normalized spacial score (nSPS) is 36.8. The molecular weight excluding hydrogens is 150 g/mol. The van der Waals surface area contributed by atoms with Gasteiger partial charge in [0.2, 0.25) is 5.91 Å². The summed E-state index contributed by atoms with van der Waals surface area (Å²) in [7, 11) is 0. The molecule has 0 unspecified atom stereocenters. The predicted molar refractivity (Wildman–Crippen MR) is 47.7 cm³/mol. The second-order valence-electron chi connectivity index (χ2n) is 4.72. The number of amides is 1. The highest BCUT2D eigenvalue weighted by Crippen LogP contribution is 2.39. The Morgan fingerprint density at radius 2 is 2.08 bits per heavy atom. The predicted octanol–water partition coefficient (Wildman–Crippen LogP) is 1.70. The van der Waals surface area contributed by atoms with Gasteiger partial charge in [-0.1, -0.05) is 6.92 Å². The van der Waals surface area contributed by atoms with E-state index in [0.29, 0.717) is 17.7 Å². The molecule has 0 heterocycles. The fourth-order valence-corrected chi connectivity index (χ4v) is 1.91. The summed E-state index contributed by atoms with van der Waals surface area (Å²) in [5, 5.41) is 3.15. The van der Waals surface area contributed by atoms with Crippen molar-refractivity contribution in [1.82, 2.24) is 5.32 Å². The fourth-order valence-electron chi connectivity index (χ4n) is 1.91. The summed E-state index contributed by atoms with van der Waals surface area (Å²) in [5.74, 6) is 1.26. The van der Waals surface area contributed by atoms with Crippen LogP contribution in [0.4, 0.5) is 0 Å². The van der Waals surface area contributed by atoms with Crippen LogP contribution in [0.2, 0.25) is 0 Å². The molecule has 2 rings (SSSR count). The largest absolute Gasteiger partial charge is 0.351 e. The second-order valence-corrected chi connectivity index (χ2v) is 4.72. The van der Waals surface area contributed by atoms with E-state index in [0.717, 1.165) is 6.42 Å². The van der Waals surface area contributed by atoms with Gasteiger partial charge in [-0.3, -0.25) is 4.79 Å². The third-order valence-corrected chi connectivity index (χ3v) is 3.33. The van der Waals surface area contributed by atoms with Crippen molar-refractivity contribution < 1.29 is 4.79 Å². The molecule has 2 saturated carbocycles. The van der Waals surface area contributed by atoms with Gasteiger partial charge in [0, 0.05) is 11.5 Å². The van der Waals surface area contributed by atoms with E-state index >= 15 is 0 Å². The molecule has 1 N–H and O–H groups in total. The van der Waals surface area contributed by atoms with Gasteiger partial charge in [-0.2, -0.15) is 0 Å². The quantitative estimate of drug-likeness (QED) is 0.666. The number of nitrogens with one attached hydrogen (secondary N) is 1. The molecule has 2 heteroatoms. The van der Waals surface area contributed by atoms with Crippen LogP contribution >= 0.6 is 0 Å². The van der Waals surface area contributed by atoms with E-state index in [1.165, 1.54) is 19.3 Å². The van der Waals surface area contributed by atoms with Gasteiger partial charge in [0.25, 0.3) is 0 Å². The minimum absolute atomic E-state index is 0.152. The molecule has 0 aromatic carbocycles. The maximum Gasteiger partial charge on any atom is 0.223 e. The molecule has 0 saturated heterocycles. The smallest absolute Gasteiger partial charge is 0.223 e. The molecule has 0 aromatic heterocycles. The fraction of sp³-hybridized carbons (Fsp3) is 0.900. The molecular formula is C10H17NO. The first-order chi connectivity index (χ1) is 5.61. The lowest BCUT2D eigenvalue weighted by Gasteiger charge is -2.39. The first-order valence-corrected chi connectivity index (χ1v) is 4.93. The lowest BCUT2D eigenvalue weighted by atomic mass is 9.78. The summed E-state index contributed by atoms with van der Waals surface area (Å²) in [6.45, 7) is 4.30. The molecule has 2 nitrogen and oxygen atoms in total. The van der Waals surface area contributed by atoms with Gasteiger partial charge in [0.15, 0.2) is 0 Å². The van der Waals surface area contributed by atoms with Crippen LogP contribution in [0.1, 0.15) is 39.5 Å². The molecule has 0 aliphatic heterocycles. The Bertz CT molecular complexity index is 208. The minimum atomic E-state index is 0.152. The van der Waals surface area contributed by atoms with E-state index in [2.05, 4.69) is 19.2 Å². The highest BCUT2D eigenvalue weighted by atomic mass is 16.2. The zero-order chi connectivity index (χ0) is 8.77. The van der Waals surface area contributed by atoms with Crippen LogP contribution in [-0.2, 0) is 4.79 Å². The van der Waals surface area contributed by atoms with Crippen molar-refractivity contribution in [1.29, 1.82) is 0 Å². The number of rotatable bonds is 2. The summed E-state index contributed by atoms with van der Waals surface area (Å²) in [6.07, 6.45) is 4.71. The van der Waals surface area contributed by atoms with Crippen LogP contribution in [0.25, 0.3) is 0 Å². The van der Waals surface area contributed by atoms with Crippen LogP contribution in [0.3, 0.4) is 0 Å². The SMILES string of the molecule is C[C@@H]1C[C@H]1C(=O)NC1(C)CCC1. The third-order valence-electron chi connectivity index (χ3n) is 3.33. The summed E-state index contributed by atoms with van der Waals surface area (Å²) in [6, 6.07) is 0. The lowest BCUT2D eigenvalue weighted by Crippen LogP contribution is -2.51. The van der Waals surface area contributed by atoms with Crippen molar-refractivity contribution in [2.45, 2.75) is 45.1 Å². The molecule has 12 heavy (non-hydrogen) atoms. The number of carbonyl (C=O) groups is 1. The summed E-state index contributed by atoms with van der Waals surface area (Å²) in [4.78, 5) is 11.5. The molecule has 0 radical (unpaired) electrons. The van der Waals surface area contributed by atoms with Crippen molar-refractivity contribution >= 4 is 5.91 Å². The highest BCUT2D eigenvalue weighted by Gasteiger charge is 2.42. The third kappa shape index (κ3) is 1.35. The van der Waals surface area contributed by atoms with E-state index in [-0.39, 0.29) is 5.54 Å². The molecule has 0 spiro atoms. The second kappa shape index (κ2) is 2.48. The van der Waals surface area contributed by atoms with Crippen LogP contribution in [0.15, 0.2) is 0 Å². The Morgan fingerprint density at radius 1 is 1.50 bits per heavy atom. The highest BCUT2D eigenvalue weighted by molar-refractivity contribution is 5.82. The van der Waals surface area contributed by atoms with Crippen molar-refractivity contribution in [2.75, 3.05) is 0 Å². The summed E-state index contributed by atoms with van der Waals surface area (Å²) >= 11 is 0. The zero-order valence-electron chi connectivity index (χ0n) is 7.89. The van der Waals surface area contributed by atoms with E-state index in [1.807, 2.05) is 0 Å². The van der Waals surface area contributed by atoms with E-state index in [9.17, 15) is 4.79 Å². The molecule has 68 valence electrons. The van der Waals surface area contributed by atoms with E-state index in [4.69, 9.17) is 0 Å². The Labute approximate surface area is 73.7 Å². The maximum atomic E-state index is 11.5. The summed E-state index contributed by atoms with van der Waals surface area (Å²) < 4.78 is 0. The maximum absolute atomic E-state index is 11.5. The lowest BCUT2D eigenvalue weighted by molar-refractivity contribution is -0.125. The zero-order valence-corrected chi connectivity index (χ0v) is 7.89. The van der Waals surface area contributed by atoms with Crippen molar-refractivity contribution in [2.24, 2.45) is 11.8 Å². The van der Waals surface area contributed by atoms with Crippen molar-refractivity contribution in [3.63, 3.8) is 0 Å². The van der Waals surface area contributed by atoms with Gasteiger partial charge in [-0.15, -0.1) is 0 Å². The van der Waals surface area contributed by atoms with Crippen molar-refractivity contribution in [3.8, 4) is 0 Å². The van der Waals surface area contributed by atoms with Gasteiger partial charge < -0.3 is 5.32 Å². The Hall–Kier alpha value is -0.530. The minimum Gasteiger partial charge on any atom is -0.351 e. The molecule has 0 bridgehead atoms. The standard InChI is InChI=1S/C10H17NO/c1-7-6-8(7)9(12)11-10(2)4-3-5-10/h7-8H,3-6H2,1-2H3,(H,11,12)/t7-,8-/m1/s1. The van der Waals surface area contributed by atoms with Crippen LogP contribution in [-0.4, -0.2) is 11.4 Å². The van der Waals surface area contributed by atoms with Gasteiger partial charge in [0.05, 0.1) is 0 Å². The first-order valence-electron chi connectivity index (χ1n) is 4.93. The molecule has 2 aliphatic rings. The van der Waals surface area contributed by atoms with Crippen LogP contribution in [0.5, 0.6) is 0 Å². The van der Waals surface area contributed by atoms with Gasteiger partial charge in [-0.25, -0.2) is 0 Å². The molecule has 0 aromatic rings. The number of carbonyl (C=O) groups excluding carboxylic acids is 1. The van der Waals surface area contributed by atoms with E-state index < -0.39 is 0 Å². The molecule has 1 amide bonds. The Kier molecular flexibility index (Phi) is 1.67. The molecule has 2 atom stereocenters. The van der Waals surface area contributed by atoms with Crippen LogP contribution < -0.4 is 5.32 Å². The average molecular weight is 167 g/mol. The van der Waals surface area contributed by atoms with Gasteiger partial charge in [0.1, 0.15) is 0 Å². The summed E-state index contributed by atoms with van der Waals surface area (Å²) in [5.41, 5.74) is 0.152. The van der Waals surface area contributed by atoms with Crippen LogP contribution in [0, 0.1) is 11.8 Å². The molecule has 2 fully saturated rings. The Balaban J connectivity index is 1.82. The topological polar surface area (TPSA) is 29.1 Å². The Morgan fingerprint density at radius 3 is 2.42 bits per heavy atom. The number of hydrogen-bond donors (Lipinski definition) is 1. The van der Waals surface area contributed by atoms with Crippen molar-refractivity contribution in [3.05, 3.63) is 0 Å². The van der Waals surface area contributed by atoms with Gasteiger partial charge >= 0.3 is 0 Å². The number of hydrogen-bond acceptors (Lipinski definition) is 1. The average Bonchev–Trinajstić information content (AvgIpc) is 2.63. The monoisotopic (exact) mass is 167 g/mol. The van der Waals surface area contributed by atoms with Gasteiger partial charge in [-0.05, 0) is 38.5 Å².